The Morgan fingerprint density at radius 2 is 2.19 bits per heavy atom. The highest BCUT2D eigenvalue weighted by molar-refractivity contribution is 5.97. The van der Waals surface area contributed by atoms with E-state index in [2.05, 4.69) is 11.4 Å². The van der Waals surface area contributed by atoms with E-state index >= 15 is 4.39 Å². The molecule has 1 aromatic heterocycles. The maximum atomic E-state index is 15.3. The minimum absolute atomic E-state index is 0.0267. The molecular formula is C22H25FN4O4. The molecule has 0 bridgehead atoms. The number of fused-ring (bicyclic) bond motifs is 1. The third-order valence-corrected chi connectivity index (χ3v) is 6.02. The molecule has 1 aliphatic heterocycles. The van der Waals surface area contributed by atoms with Gasteiger partial charge in [-0.2, -0.15) is 5.26 Å². The molecule has 0 radical (unpaired) electrons. The monoisotopic (exact) mass is 428 g/mol. The summed E-state index contributed by atoms with van der Waals surface area (Å²) < 4.78 is 22.7. The van der Waals surface area contributed by atoms with Gasteiger partial charge < -0.3 is 24.6 Å². The predicted octanol–water partition coefficient (Wildman–Crippen LogP) is 2.51. The summed E-state index contributed by atoms with van der Waals surface area (Å²) in [5.41, 5.74) is -0.305. The van der Waals surface area contributed by atoms with Crippen LogP contribution in [0, 0.1) is 23.1 Å². The average Bonchev–Trinajstić information content (AvgIpc) is 3.49. The van der Waals surface area contributed by atoms with Gasteiger partial charge in [0.2, 0.25) is 5.43 Å². The fourth-order valence-corrected chi connectivity index (χ4v) is 4.38. The van der Waals surface area contributed by atoms with E-state index in [0.717, 1.165) is 31.9 Å². The van der Waals surface area contributed by atoms with Gasteiger partial charge in [-0.3, -0.25) is 4.79 Å². The van der Waals surface area contributed by atoms with E-state index in [4.69, 9.17) is 10.00 Å². The van der Waals surface area contributed by atoms with Crippen molar-refractivity contribution in [2.45, 2.75) is 31.7 Å². The number of carbonyl (C=O) groups is 1. The van der Waals surface area contributed by atoms with E-state index in [0.29, 0.717) is 43.2 Å². The summed E-state index contributed by atoms with van der Waals surface area (Å²) in [6, 6.07) is 3.32. The molecular weight excluding hydrogens is 403 g/mol. The van der Waals surface area contributed by atoms with Gasteiger partial charge in [-0.25, -0.2) is 9.18 Å². The lowest BCUT2D eigenvalue weighted by atomic mass is 10.1. The number of rotatable bonds is 8. The summed E-state index contributed by atoms with van der Waals surface area (Å²) in [5, 5.41) is 21.4. The number of carboxylic acids is 1. The quantitative estimate of drug-likeness (QED) is 0.622. The van der Waals surface area contributed by atoms with Crippen LogP contribution in [0.4, 0.5) is 10.1 Å². The Bertz CT molecular complexity index is 1120. The van der Waals surface area contributed by atoms with Crippen molar-refractivity contribution >= 4 is 22.6 Å². The van der Waals surface area contributed by atoms with Gasteiger partial charge in [-0.15, -0.1) is 0 Å². The van der Waals surface area contributed by atoms with E-state index in [9.17, 15) is 14.7 Å². The second-order valence-electron chi connectivity index (χ2n) is 8.16. The van der Waals surface area contributed by atoms with Crippen molar-refractivity contribution in [1.29, 1.82) is 5.26 Å². The molecule has 164 valence electrons. The molecule has 2 aliphatic rings. The molecule has 0 unspecified atom stereocenters. The Morgan fingerprint density at radius 3 is 2.84 bits per heavy atom. The molecule has 0 spiro atoms. The van der Waals surface area contributed by atoms with Gasteiger partial charge in [0.25, 0.3) is 0 Å². The average molecular weight is 428 g/mol. The second-order valence-corrected chi connectivity index (χ2v) is 8.16. The van der Waals surface area contributed by atoms with Crippen LogP contribution in [0.3, 0.4) is 0 Å². The number of aromatic nitrogens is 1. The molecule has 1 saturated heterocycles. The molecule has 8 nitrogen and oxygen atoms in total. The lowest BCUT2D eigenvalue weighted by Gasteiger charge is -2.25. The fourth-order valence-electron chi connectivity index (χ4n) is 4.38. The maximum Gasteiger partial charge on any atom is 0.341 e. The van der Waals surface area contributed by atoms with Crippen LogP contribution in [0.1, 0.15) is 42.1 Å². The first-order valence-electron chi connectivity index (χ1n) is 10.5. The number of anilines is 1. The minimum Gasteiger partial charge on any atom is -0.492 e. The summed E-state index contributed by atoms with van der Waals surface area (Å²) in [5.74, 6) is -1.34. The van der Waals surface area contributed by atoms with Crippen LogP contribution in [0.5, 0.6) is 5.75 Å². The molecule has 0 amide bonds. The van der Waals surface area contributed by atoms with Crippen molar-refractivity contribution in [2.75, 3.05) is 38.2 Å². The number of pyridine rings is 1. The predicted molar refractivity (Wildman–Crippen MR) is 113 cm³/mol. The number of ether oxygens (including phenoxy) is 1. The largest absolute Gasteiger partial charge is 0.492 e. The van der Waals surface area contributed by atoms with Crippen molar-refractivity contribution in [1.82, 2.24) is 9.88 Å². The molecule has 1 atom stereocenters. The molecule has 9 heteroatoms. The number of hydrogen-bond acceptors (Lipinski definition) is 6. The van der Waals surface area contributed by atoms with E-state index in [1.165, 1.54) is 13.3 Å². The molecule has 4 rings (SSSR count). The Morgan fingerprint density at radius 1 is 1.42 bits per heavy atom. The van der Waals surface area contributed by atoms with Crippen molar-refractivity contribution in [3.05, 3.63) is 33.9 Å². The number of aromatic carboxylic acids is 1. The number of nitrogens with zero attached hydrogens (tertiary/aromatic N) is 3. The van der Waals surface area contributed by atoms with Gasteiger partial charge in [0.1, 0.15) is 11.3 Å². The Balaban J connectivity index is 1.76. The van der Waals surface area contributed by atoms with E-state index in [1.807, 2.05) is 4.90 Å². The van der Waals surface area contributed by atoms with Crippen LogP contribution in [0.2, 0.25) is 0 Å². The fraction of sp³-hybridized carbons (Fsp3) is 0.500. The molecule has 2 fully saturated rings. The number of hydrogen-bond donors (Lipinski definition) is 2. The summed E-state index contributed by atoms with van der Waals surface area (Å²) in [6.45, 7) is 2.63. The maximum absolute atomic E-state index is 15.3. The van der Waals surface area contributed by atoms with Crippen LogP contribution in [0.25, 0.3) is 10.9 Å². The Kier molecular flexibility index (Phi) is 5.83. The smallest absolute Gasteiger partial charge is 0.341 e. The van der Waals surface area contributed by atoms with Gasteiger partial charge in [0.15, 0.2) is 11.6 Å². The van der Waals surface area contributed by atoms with Crippen molar-refractivity contribution in [3.8, 4) is 11.8 Å². The highest BCUT2D eigenvalue weighted by atomic mass is 19.1. The zero-order valence-corrected chi connectivity index (χ0v) is 17.4. The Labute approximate surface area is 178 Å². The third-order valence-electron chi connectivity index (χ3n) is 6.02. The van der Waals surface area contributed by atoms with E-state index < -0.39 is 17.2 Å². The molecule has 1 aliphatic carbocycles. The Hall–Kier alpha value is -3.12. The number of methoxy groups -OCH3 is 1. The zero-order valence-electron chi connectivity index (χ0n) is 17.4. The van der Waals surface area contributed by atoms with Crippen LogP contribution < -0.4 is 20.4 Å². The first-order chi connectivity index (χ1) is 15.0. The van der Waals surface area contributed by atoms with Gasteiger partial charge in [0, 0.05) is 38.3 Å². The standard InChI is InChI=1S/C22H25FN4O4/c1-31-21-18-15(20(28)16(22(29)30)12-27(18)14-3-4-14)9-17(23)19(21)26-8-5-13(11-26)10-25-7-2-6-24/h9,12-14,25H,2-5,7-8,10-11H2,1H3,(H,29,30)/t13-/m1/s1. The molecule has 2 aromatic rings. The second kappa shape index (κ2) is 8.55. The molecule has 2 heterocycles. The summed E-state index contributed by atoms with van der Waals surface area (Å²) in [7, 11) is 1.45. The van der Waals surface area contributed by atoms with Gasteiger partial charge in [-0.1, -0.05) is 0 Å². The number of benzene rings is 1. The van der Waals surface area contributed by atoms with Gasteiger partial charge in [0.05, 0.1) is 24.1 Å². The van der Waals surface area contributed by atoms with Gasteiger partial charge >= 0.3 is 5.97 Å². The van der Waals surface area contributed by atoms with Crippen LogP contribution in [0.15, 0.2) is 17.1 Å². The highest BCUT2D eigenvalue weighted by Gasteiger charge is 2.33. The summed E-state index contributed by atoms with van der Waals surface area (Å²) >= 11 is 0. The summed E-state index contributed by atoms with van der Waals surface area (Å²) in [4.78, 5) is 26.3. The number of carboxylic acid groups (broad SMARTS) is 1. The van der Waals surface area contributed by atoms with Crippen molar-refractivity contribution < 1.29 is 19.0 Å². The van der Waals surface area contributed by atoms with Crippen molar-refractivity contribution in [3.63, 3.8) is 0 Å². The third kappa shape index (κ3) is 3.95. The van der Waals surface area contributed by atoms with E-state index in [1.54, 1.807) is 4.57 Å². The van der Waals surface area contributed by atoms with Crippen LogP contribution in [-0.4, -0.2) is 48.9 Å². The number of nitriles is 1. The summed E-state index contributed by atoms with van der Waals surface area (Å²) in [6.07, 6.45) is 4.41. The molecule has 1 aromatic carbocycles. The normalized spacial score (nSPS) is 18.4. The lowest BCUT2D eigenvalue weighted by molar-refractivity contribution is 0.0695. The lowest BCUT2D eigenvalue weighted by Crippen LogP contribution is -2.28. The number of nitrogens with one attached hydrogen (secondary N) is 1. The molecule has 1 saturated carbocycles. The molecule has 31 heavy (non-hydrogen) atoms. The van der Waals surface area contributed by atoms with E-state index in [-0.39, 0.29) is 22.7 Å². The first-order valence-corrected chi connectivity index (χ1v) is 10.5. The van der Waals surface area contributed by atoms with Crippen molar-refractivity contribution in [2.24, 2.45) is 5.92 Å². The topological polar surface area (TPSA) is 108 Å². The SMILES string of the molecule is COc1c(N2CC[C@H](CNCCC#N)C2)c(F)cc2c(=O)c(C(=O)O)cn(C3CC3)c12. The minimum atomic E-state index is -1.32. The highest BCUT2D eigenvalue weighted by Crippen LogP contribution is 2.44. The zero-order chi connectivity index (χ0) is 22.1. The molecule has 2 N–H and O–H groups in total. The number of halogens is 1. The van der Waals surface area contributed by atoms with Crippen LogP contribution in [-0.2, 0) is 0 Å². The first kappa shape index (κ1) is 21.1. The van der Waals surface area contributed by atoms with Crippen LogP contribution >= 0.6 is 0 Å². The van der Waals surface area contributed by atoms with Gasteiger partial charge in [-0.05, 0) is 37.8 Å².